The van der Waals surface area contributed by atoms with Gasteiger partial charge in [-0.25, -0.2) is 8.42 Å². The summed E-state index contributed by atoms with van der Waals surface area (Å²) in [5.74, 6) is -0.0847. The molecule has 2 aliphatic heterocycles. The molecule has 1 aromatic rings. The van der Waals surface area contributed by atoms with Crippen molar-refractivity contribution in [2.24, 2.45) is 11.3 Å². The number of hydrogen-bond acceptors (Lipinski definition) is 5. The largest absolute Gasteiger partial charge is 0.335 e. The van der Waals surface area contributed by atoms with E-state index in [0.717, 1.165) is 37.9 Å². The van der Waals surface area contributed by atoms with Gasteiger partial charge < -0.3 is 10.2 Å². The van der Waals surface area contributed by atoms with Gasteiger partial charge in [-0.1, -0.05) is 0 Å². The summed E-state index contributed by atoms with van der Waals surface area (Å²) in [5.41, 5.74) is 1.43. The highest BCUT2D eigenvalue weighted by Gasteiger charge is 2.58. The first-order valence-corrected chi connectivity index (χ1v) is 11.5. The average molecular weight is 369 g/mol. The molecule has 24 heavy (non-hydrogen) atoms. The van der Waals surface area contributed by atoms with Crippen LogP contribution in [0, 0.1) is 11.3 Å². The molecule has 132 valence electrons. The lowest BCUT2D eigenvalue weighted by molar-refractivity contribution is -0.136. The van der Waals surface area contributed by atoms with Crippen molar-refractivity contribution in [2.75, 3.05) is 24.6 Å². The molecule has 1 aliphatic carbocycles. The number of hydrogen-bond donors (Lipinski definition) is 1. The van der Waals surface area contributed by atoms with Crippen molar-refractivity contribution in [2.45, 2.75) is 38.3 Å². The Balaban J connectivity index is 1.53. The molecule has 2 unspecified atom stereocenters. The molecule has 2 atom stereocenters. The molecule has 0 bridgehead atoms. The van der Waals surface area contributed by atoms with Gasteiger partial charge in [0.25, 0.3) is 0 Å². The molecule has 1 spiro atoms. The summed E-state index contributed by atoms with van der Waals surface area (Å²) < 4.78 is 23.6. The van der Waals surface area contributed by atoms with Gasteiger partial charge in [0, 0.05) is 12.6 Å². The van der Waals surface area contributed by atoms with Crippen LogP contribution in [0.4, 0.5) is 0 Å². The number of nitrogens with zero attached hydrogens (tertiary/aromatic N) is 1. The first-order valence-electron chi connectivity index (χ1n) is 8.72. The van der Waals surface area contributed by atoms with Gasteiger partial charge in [-0.3, -0.25) is 4.79 Å². The van der Waals surface area contributed by atoms with Gasteiger partial charge >= 0.3 is 0 Å². The third-order valence-corrected chi connectivity index (χ3v) is 8.42. The molecule has 1 amide bonds. The van der Waals surface area contributed by atoms with E-state index >= 15 is 0 Å². The quantitative estimate of drug-likeness (QED) is 0.878. The van der Waals surface area contributed by atoms with Crippen LogP contribution in [-0.2, 0) is 21.2 Å². The van der Waals surface area contributed by atoms with Gasteiger partial charge in [-0.2, -0.15) is 11.3 Å². The fourth-order valence-corrected chi connectivity index (χ4v) is 6.77. The van der Waals surface area contributed by atoms with E-state index in [-0.39, 0.29) is 34.8 Å². The monoisotopic (exact) mass is 368 g/mol. The number of thiophene rings is 1. The minimum absolute atomic E-state index is 0.0350. The predicted octanol–water partition coefficient (Wildman–Crippen LogP) is 1.65. The minimum atomic E-state index is -3.03. The fraction of sp³-hybridized carbons (Fsp3) is 0.706. The van der Waals surface area contributed by atoms with Crippen molar-refractivity contribution >= 4 is 27.1 Å². The minimum Gasteiger partial charge on any atom is -0.335 e. The van der Waals surface area contributed by atoms with Crippen LogP contribution in [0.1, 0.15) is 31.2 Å². The van der Waals surface area contributed by atoms with Crippen LogP contribution in [0.3, 0.4) is 0 Å². The maximum absolute atomic E-state index is 13.1. The normalized spacial score (nSPS) is 30.3. The topological polar surface area (TPSA) is 66.5 Å². The molecule has 3 fully saturated rings. The second-order valence-electron chi connectivity index (χ2n) is 7.53. The lowest BCUT2D eigenvalue weighted by Crippen LogP contribution is -2.42. The summed E-state index contributed by atoms with van der Waals surface area (Å²) in [6, 6.07) is 2.35. The van der Waals surface area contributed by atoms with Crippen LogP contribution in [0.5, 0.6) is 0 Å². The van der Waals surface area contributed by atoms with Crippen molar-refractivity contribution in [3.8, 4) is 0 Å². The smallest absolute Gasteiger partial charge is 0.227 e. The van der Waals surface area contributed by atoms with Crippen molar-refractivity contribution < 1.29 is 13.2 Å². The summed E-state index contributed by atoms with van der Waals surface area (Å²) in [4.78, 5) is 15.1. The zero-order chi connectivity index (χ0) is 16.8. The molecule has 0 radical (unpaired) electrons. The van der Waals surface area contributed by atoms with Crippen LogP contribution in [0.25, 0.3) is 0 Å². The van der Waals surface area contributed by atoms with Crippen LogP contribution in [0.2, 0.25) is 0 Å². The number of carbonyl (C=O) groups excluding carboxylic acids is 1. The summed E-state index contributed by atoms with van der Waals surface area (Å²) >= 11 is 1.64. The molecule has 1 aromatic heterocycles. The van der Waals surface area contributed by atoms with E-state index in [2.05, 4.69) is 16.8 Å². The summed E-state index contributed by atoms with van der Waals surface area (Å²) in [6.07, 6.45) is 3.80. The maximum atomic E-state index is 13.1. The first-order chi connectivity index (χ1) is 11.5. The number of piperidine rings is 1. The van der Waals surface area contributed by atoms with Crippen LogP contribution in [0.15, 0.2) is 16.8 Å². The van der Waals surface area contributed by atoms with Gasteiger partial charge in [0.1, 0.15) is 0 Å². The zero-order valence-corrected chi connectivity index (χ0v) is 15.4. The Bertz CT molecular complexity index is 708. The Morgan fingerprint density at radius 1 is 1.38 bits per heavy atom. The molecule has 3 heterocycles. The van der Waals surface area contributed by atoms with Gasteiger partial charge in [0.2, 0.25) is 5.91 Å². The number of rotatable bonds is 4. The van der Waals surface area contributed by atoms with Crippen LogP contribution in [-0.4, -0.2) is 49.9 Å². The van der Waals surface area contributed by atoms with Gasteiger partial charge in [-0.15, -0.1) is 0 Å². The lowest BCUT2D eigenvalue weighted by atomic mass is 9.93. The highest BCUT2D eigenvalue weighted by atomic mass is 32.2. The fourth-order valence-electron chi connectivity index (χ4n) is 4.37. The van der Waals surface area contributed by atoms with E-state index in [0.29, 0.717) is 13.0 Å². The van der Waals surface area contributed by atoms with E-state index in [9.17, 15) is 13.2 Å². The zero-order valence-electron chi connectivity index (χ0n) is 13.7. The van der Waals surface area contributed by atoms with Crippen molar-refractivity contribution in [1.29, 1.82) is 0 Å². The summed E-state index contributed by atoms with van der Waals surface area (Å²) in [6.45, 7) is 2.67. The molecule has 1 saturated carbocycles. The molecule has 1 N–H and O–H groups in total. The average Bonchev–Trinajstić information content (AvgIpc) is 2.94. The second kappa shape index (κ2) is 6.11. The number of amides is 1. The van der Waals surface area contributed by atoms with Crippen molar-refractivity contribution in [3.63, 3.8) is 0 Å². The number of nitrogens with one attached hydrogen (secondary N) is 1. The molecule has 7 heteroatoms. The summed E-state index contributed by atoms with van der Waals surface area (Å²) in [7, 11) is -3.03. The first kappa shape index (κ1) is 16.5. The Morgan fingerprint density at radius 3 is 2.79 bits per heavy atom. The van der Waals surface area contributed by atoms with Crippen LogP contribution >= 0.6 is 11.3 Å². The van der Waals surface area contributed by atoms with E-state index in [4.69, 9.17) is 0 Å². The van der Waals surface area contributed by atoms with E-state index in [1.165, 1.54) is 0 Å². The number of sulfone groups is 1. The molecule has 0 aromatic carbocycles. The van der Waals surface area contributed by atoms with Crippen molar-refractivity contribution in [3.05, 3.63) is 22.4 Å². The molecule has 2 saturated heterocycles. The highest BCUT2D eigenvalue weighted by molar-refractivity contribution is 7.91. The Hall–Kier alpha value is -0.920. The maximum Gasteiger partial charge on any atom is 0.227 e. The Labute approximate surface area is 147 Å². The highest BCUT2D eigenvalue weighted by Crippen LogP contribution is 2.56. The Morgan fingerprint density at radius 2 is 2.17 bits per heavy atom. The van der Waals surface area contributed by atoms with E-state index in [1.54, 1.807) is 11.3 Å². The molecule has 3 aliphatic rings. The third-order valence-electron chi connectivity index (χ3n) is 5.92. The number of carbonyl (C=O) groups is 1. The Kier molecular flexibility index (Phi) is 4.21. The van der Waals surface area contributed by atoms with E-state index in [1.807, 2.05) is 10.3 Å². The van der Waals surface area contributed by atoms with Gasteiger partial charge in [-0.05, 0) is 66.6 Å². The summed E-state index contributed by atoms with van der Waals surface area (Å²) in [5, 5.41) is 7.52. The molecule has 5 nitrogen and oxygen atoms in total. The molecule has 4 rings (SSSR count). The van der Waals surface area contributed by atoms with Gasteiger partial charge in [0.15, 0.2) is 9.84 Å². The van der Waals surface area contributed by atoms with Crippen molar-refractivity contribution in [1.82, 2.24) is 10.2 Å². The molecular weight excluding hydrogens is 344 g/mol. The molecular formula is C17H24N2O3S2. The second-order valence-corrected chi connectivity index (χ2v) is 10.5. The van der Waals surface area contributed by atoms with Gasteiger partial charge in [0.05, 0.1) is 17.4 Å². The van der Waals surface area contributed by atoms with E-state index < -0.39 is 9.84 Å². The van der Waals surface area contributed by atoms with Crippen LogP contribution < -0.4 is 5.32 Å². The third kappa shape index (κ3) is 3.13. The lowest BCUT2D eigenvalue weighted by Gasteiger charge is -2.31. The standard InChI is InChI=1S/C17H24N2O3S2/c20-16(14-2-8-24(21,22)12-14)19(10-13-1-7-23-11-13)15-9-17(15)3-5-18-6-4-17/h1,7,11,14-15,18H,2-6,8-10,12H2. The SMILES string of the molecule is O=C(C1CCS(=O)(=O)C1)N(Cc1ccsc1)C1CC12CCNCC2. The predicted molar refractivity (Wildman–Crippen MR) is 94.6 cm³/mol.